The summed E-state index contributed by atoms with van der Waals surface area (Å²) in [6.07, 6.45) is 4.32. The maximum absolute atomic E-state index is 11.8. The van der Waals surface area contributed by atoms with E-state index in [9.17, 15) is 9.59 Å². The molecule has 1 unspecified atom stereocenters. The number of hydrogen-bond donors (Lipinski definition) is 4. The van der Waals surface area contributed by atoms with Crippen molar-refractivity contribution < 1.29 is 14.3 Å². The summed E-state index contributed by atoms with van der Waals surface area (Å²) in [4.78, 5) is 32.4. The van der Waals surface area contributed by atoms with Crippen molar-refractivity contribution in [1.29, 1.82) is 0 Å². The molecule has 1 saturated heterocycles. The van der Waals surface area contributed by atoms with Gasteiger partial charge in [0.25, 0.3) is 0 Å². The van der Waals surface area contributed by atoms with Gasteiger partial charge in [0, 0.05) is 36.1 Å². The van der Waals surface area contributed by atoms with Crippen LogP contribution in [0, 0.1) is 6.92 Å². The minimum absolute atomic E-state index is 0.0733. The van der Waals surface area contributed by atoms with E-state index < -0.39 is 0 Å². The number of amides is 2. The molecule has 180 valence electrons. The molecular formula is C26H28N6O3. The van der Waals surface area contributed by atoms with Gasteiger partial charge in [0.05, 0.1) is 12.8 Å². The van der Waals surface area contributed by atoms with Crippen LogP contribution in [-0.4, -0.2) is 35.4 Å². The number of piperidine rings is 1. The lowest BCUT2D eigenvalue weighted by Gasteiger charge is -2.23. The van der Waals surface area contributed by atoms with Gasteiger partial charge in [0.1, 0.15) is 11.6 Å². The van der Waals surface area contributed by atoms with Crippen molar-refractivity contribution in [2.75, 3.05) is 29.6 Å². The Kier molecular flexibility index (Phi) is 7.25. The van der Waals surface area contributed by atoms with Crippen LogP contribution >= 0.6 is 0 Å². The van der Waals surface area contributed by atoms with Gasteiger partial charge in [-0.1, -0.05) is 18.7 Å². The molecule has 0 aliphatic carbocycles. The summed E-state index contributed by atoms with van der Waals surface area (Å²) in [6.45, 7) is 6.06. The number of rotatable bonds is 8. The molecule has 4 rings (SSSR count). The van der Waals surface area contributed by atoms with Gasteiger partial charge < -0.3 is 26.0 Å². The topological polar surface area (TPSA) is 117 Å². The molecule has 9 nitrogen and oxygen atoms in total. The number of hydrogen-bond acceptors (Lipinski definition) is 7. The van der Waals surface area contributed by atoms with E-state index >= 15 is 0 Å². The summed E-state index contributed by atoms with van der Waals surface area (Å²) in [5.41, 5.74) is 4.05. The van der Waals surface area contributed by atoms with Crippen LogP contribution in [0.2, 0.25) is 0 Å². The van der Waals surface area contributed by atoms with Crippen molar-refractivity contribution in [3.8, 4) is 5.75 Å². The molecule has 2 amide bonds. The van der Waals surface area contributed by atoms with Crippen LogP contribution in [0.4, 0.5) is 28.8 Å². The maximum atomic E-state index is 11.8. The summed E-state index contributed by atoms with van der Waals surface area (Å²) < 4.78 is 5.60. The number of aromatic nitrogens is 2. The van der Waals surface area contributed by atoms with Crippen molar-refractivity contribution in [2.24, 2.45) is 0 Å². The van der Waals surface area contributed by atoms with Crippen LogP contribution in [0.1, 0.15) is 29.9 Å². The zero-order valence-electron chi connectivity index (χ0n) is 19.7. The van der Waals surface area contributed by atoms with E-state index in [4.69, 9.17) is 4.74 Å². The van der Waals surface area contributed by atoms with E-state index in [0.717, 1.165) is 28.9 Å². The van der Waals surface area contributed by atoms with Crippen LogP contribution in [0.25, 0.3) is 0 Å². The van der Waals surface area contributed by atoms with Gasteiger partial charge in [-0.25, -0.2) is 4.98 Å². The first-order valence-corrected chi connectivity index (χ1v) is 11.3. The van der Waals surface area contributed by atoms with Gasteiger partial charge in [0.2, 0.25) is 17.8 Å². The number of ether oxygens (including phenoxy) is 1. The van der Waals surface area contributed by atoms with E-state index in [1.165, 1.54) is 6.08 Å². The van der Waals surface area contributed by atoms with Crippen molar-refractivity contribution in [2.45, 2.75) is 25.7 Å². The number of nitrogens with zero attached hydrogens (tertiary/aromatic N) is 2. The van der Waals surface area contributed by atoms with E-state index in [-0.39, 0.29) is 17.7 Å². The highest BCUT2D eigenvalue weighted by Gasteiger charge is 2.21. The van der Waals surface area contributed by atoms with Crippen molar-refractivity contribution in [3.63, 3.8) is 0 Å². The lowest BCUT2D eigenvalue weighted by Crippen LogP contribution is -2.32. The van der Waals surface area contributed by atoms with Crippen LogP contribution in [0.5, 0.6) is 5.75 Å². The molecule has 35 heavy (non-hydrogen) atoms. The van der Waals surface area contributed by atoms with E-state index in [2.05, 4.69) is 37.8 Å². The maximum Gasteiger partial charge on any atom is 0.247 e. The summed E-state index contributed by atoms with van der Waals surface area (Å²) in [5.74, 6) is 1.64. The normalized spacial score (nSPS) is 15.0. The average molecular weight is 473 g/mol. The first-order valence-electron chi connectivity index (χ1n) is 11.3. The Bertz CT molecular complexity index is 1260. The zero-order valence-corrected chi connectivity index (χ0v) is 19.7. The third-order valence-electron chi connectivity index (χ3n) is 5.74. The second kappa shape index (κ2) is 10.7. The predicted molar refractivity (Wildman–Crippen MR) is 137 cm³/mol. The first-order chi connectivity index (χ1) is 16.9. The van der Waals surface area contributed by atoms with Gasteiger partial charge >= 0.3 is 0 Å². The Morgan fingerprint density at radius 2 is 2.03 bits per heavy atom. The van der Waals surface area contributed by atoms with Crippen molar-refractivity contribution in [3.05, 3.63) is 72.4 Å². The highest BCUT2D eigenvalue weighted by molar-refractivity contribution is 5.99. The highest BCUT2D eigenvalue weighted by atomic mass is 16.5. The molecule has 0 radical (unpaired) electrons. The third kappa shape index (κ3) is 5.94. The van der Waals surface area contributed by atoms with Crippen LogP contribution in [0.15, 0.2) is 61.3 Å². The lowest BCUT2D eigenvalue weighted by molar-refractivity contribution is -0.122. The second-order valence-corrected chi connectivity index (χ2v) is 8.25. The average Bonchev–Trinajstić information content (AvgIpc) is 2.86. The number of methoxy groups -OCH3 is 1. The molecule has 1 atom stereocenters. The van der Waals surface area contributed by atoms with Crippen LogP contribution < -0.4 is 26.0 Å². The number of nitrogens with one attached hydrogen (secondary N) is 4. The Morgan fingerprint density at radius 1 is 1.20 bits per heavy atom. The summed E-state index contributed by atoms with van der Waals surface area (Å²) in [7, 11) is 1.61. The molecular weight excluding hydrogens is 444 g/mol. The Labute approximate surface area is 204 Å². The standard InChI is InChI=1S/C26H28N6O3/c1-4-23(33)29-19-6-5-7-20(14-19)30-25-16(2)15-28-26(32-25)31-21-9-8-17(12-22(21)35-3)18-10-11-27-24(34)13-18/h4-9,12,14-15,18H,1,10-11,13H2,2-3H3,(H,27,34)(H,29,33)(H2,28,30,31,32). The molecule has 0 spiro atoms. The van der Waals surface area contributed by atoms with Gasteiger partial charge in [-0.2, -0.15) is 4.98 Å². The van der Waals surface area contributed by atoms with Gasteiger partial charge in [0.15, 0.2) is 0 Å². The predicted octanol–water partition coefficient (Wildman–Crippen LogP) is 4.40. The molecule has 3 aromatic rings. The van der Waals surface area contributed by atoms with Gasteiger partial charge in [-0.3, -0.25) is 9.59 Å². The fourth-order valence-electron chi connectivity index (χ4n) is 3.89. The smallest absolute Gasteiger partial charge is 0.247 e. The third-order valence-corrected chi connectivity index (χ3v) is 5.74. The van der Waals surface area contributed by atoms with Crippen LogP contribution in [0.3, 0.4) is 0 Å². The molecule has 0 bridgehead atoms. The fraction of sp³-hybridized carbons (Fsp3) is 0.231. The van der Waals surface area contributed by atoms with Gasteiger partial charge in [-0.05, 0) is 61.2 Å². The molecule has 1 fully saturated rings. The number of aryl methyl sites for hydroxylation is 1. The largest absolute Gasteiger partial charge is 0.495 e. The minimum Gasteiger partial charge on any atom is -0.495 e. The van der Waals surface area contributed by atoms with E-state index in [0.29, 0.717) is 36.2 Å². The fourth-order valence-corrected chi connectivity index (χ4v) is 3.89. The highest BCUT2D eigenvalue weighted by Crippen LogP contribution is 2.34. The number of carbonyl (C=O) groups excluding carboxylic acids is 2. The van der Waals surface area contributed by atoms with E-state index in [1.54, 1.807) is 19.4 Å². The minimum atomic E-state index is -0.279. The second-order valence-electron chi connectivity index (χ2n) is 8.25. The van der Waals surface area contributed by atoms with Crippen LogP contribution in [-0.2, 0) is 9.59 Å². The molecule has 9 heteroatoms. The van der Waals surface area contributed by atoms with E-state index in [1.807, 2.05) is 43.3 Å². The first kappa shape index (κ1) is 23.7. The summed E-state index contributed by atoms with van der Waals surface area (Å²) in [6, 6.07) is 13.2. The van der Waals surface area contributed by atoms with Gasteiger partial charge in [-0.15, -0.1) is 0 Å². The number of carbonyl (C=O) groups is 2. The van der Waals surface area contributed by atoms with Crippen molar-refractivity contribution >= 4 is 40.6 Å². The molecule has 2 aromatic carbocycles. The Balaban J connectivity index is 1.52. The lowest BCUT2D eigenvalue weighted by atomic mass is 9.89. The molecule has 1 aromatic heterocycles. The monoisotopic (exact) mass is 472 g/mol. The number of benzene rings is 2. The zero-order chi connectivity index (χ0) is 24.8. The number of anilines is 5. The van der Waals surface area contributed by atoms with Crippen molar-refractivity contribution in [1.82, 2.24) is 15.3 Å². The summed E-state index contributed by atoms with van der Waals surface area (Å²) in [5, 5.41) is 12.1. The molecule has 1 aliphatic heterocycles. The molecule has 1 aliphatic rings. The Hall–Kier alpha value is -4.40. The molecule has 2 heterocycles. The molecule has 4 N–H and O–H groups in total. The summed E-state index contributed by atoms with van der Waals surface area (Å²) >= 11 is 0. The molecule has 0 saturated carbocycles. The Morgan fingerprint density at radius 3 is 2.80 bits per heavy atom. The quantitative estimate of drug-likeness (QED) is 0.359. The SMILES string of the molecule is C=CC(=O)Nc1cccc(Nc2nc(Nc3ccc(C4CCNC(=O)C4)cc3OC)ncc2C)c1.